The van der Waals surface area contributed by atoms with Gasteiger partial charge in [-0.25, -0.2) is 5.43 Å². The molecule has 3 rings (SSSR count). The lowest BCUT2D eigenvalue weighted by molar-refractivity contribution is 0.0955. The molecule has 32 heavy (non-hydrogen) atoms. The van der Waals surface area contributed by atoms with Crippen molar-refractivity contribution in [2.75, 3.05) is 18.0 Å². The summed E-state index contributed by atoms with van der Waals surface area (Å²) in [5, 5.41) is 4.16. The van der Waals surface area contributed by atoms with Gasteiger partial charge in [-0.2, -0.15) is 5.10 Å². The molecule has 1 N–H and O–H groups in total. The van der Waals surface area contributed by atoms with E-state index in [1.807, 2.05) is 30.3 Å². The molecule has 7 heteroatoms. The van der Waals surface area contributed by atoms with E-state index in [4.69, 9.17) is 4.74 Å². The minimum absolute atomic E-state index is 0.274. The number of carbonyl (C=O) groups is 1. The number of ether oxygens (including phenoxy) is 1. The molecule has 0 aliphatic rings. The number of hydrazone groups is 1. The van der Waals surface area contributed by atoms with Gasteiger partial charge in [-0.1, -0.05) is 34.1 Å². The zero-order valence-corrected chi connectivity index (χ0v) is 21.8. The first-order valence-electron chi connectivity index (χ1n) is 10.3. The van der Waals surface area contributed by atoms with Gasteiger partial charge >= 0.3 is 0 Å². The van der Waals surface area contributed by atoms with E-state index in [0.717, 1.165) is 34.4 Å². The summed E-state index contributed by atoms with van der Waals surface area (Å²) in [4.78, 5) is 14.6. The van der Waals surface area contributed by atoms with E-state index in [0.29, 0.717) is 17.9 Å². The Morgan fingerprint density at radius 3 is 2.53 bits per heavy atom. The van der Waals surface area contributed by atoms with Crippen LogP contribution >= 0.6 is 38.5 Å². The highest BCUT2D eigenvalue weighted by Crippen LogP contribution is 2.26. The van der Waals surface area contributed by atoms with Crippen LogP contribution in [0, 0.1) is 3.57 Å². The molecular formula is C25H25BrIN3O2. The maximum Gasteiger partial charge on any atom is 0.271 e. The first-order valence-corrected chi connectivity index (χ1v) is 12.2. The Kier molecular flexibility index (Phi) is 9.11. The molecule has 0 aromatic heterocycles. The second-order valence-corrected chi connectivity index (χ2v) is 9.18. The maximum absolute atomic E-state index is 12.3. The highest BCUT2D eigenvalue weighted by molar-refractivity contribution is 14.1. The van der Waals surface area contributed by atoms with Crippen molar-refractivity contribution in [3.8, 4) is 5.75 Å². The SMILES string of the molecule is CCN(CC)c1ccc(/C=N\NC(=O)c2cccc(Br)c2)c(OCc2ccc(I)cc2)c1. The first kappa shape index (κ1) is 24.3. The maximum atomic E-state index is 12.3. The van der Waals surface area contributed by atoms with Crippen LogP contribution in [0.3, 0.4) is 0 Å². The van der Waals surface area contributed by atoms with Gasteiger partial charge in [0.15, 0.2) is 0 Å². The van der Waals surface area contributed by atoms with Gasteiger partial charge in [0, 0.05) is 44.0 Å². The highest BCUT2D eigenvalue weighted by atomic mass is 127. The van der Waals surface area contributed by atoms with Crippen molar-refractivity contribution in [2.24, 2.45) is 5.10 Å². The summed E-state index contributed by atoms with van der Waals surface area (Å²) in [6.07, 6.45) is 1.62. The van der Waals surface area contributed by atoms with Crippen LogP contribution in [0.15, 0.2) is 76.3 Å². The fraction of sp³-hybridized carbons (Fsp3) is 0.200. The third-order valence-electron chi connectivity index (χ3n) is 4.89. The second-order valence-electron chi connectivity index (χ2n) is 7.02. The number of nitrogens with one attached hydrogen (secondary N) is 1. The van der Waals surface area contributed by atoms with Crippen LogP contribution in [-0.4, -0.2) is 25.2 Å². The van der Waals surface area contributed by atoms with Gasteiger partial charge in [0.25, 0.3) is 5.91 Å². The van der Waals surface area contributed by atoms with Crippen molar-refractivity contribution in [1.82, 2.24) is 5.43 Å². The van der Waals surface area contributed by atoms with E-state index in [1.54, 1.807) is 18.3 Å². The van der Waals surface area contributed by atoms with E-state index in [-0.39, 0.29) is 5.91 Å². The van der Waals surface area contributed by atoms with Crippen LogP contribution in [0.1, 0.15) is 35.3 Å². The normalized spacial score (nSPS) is 10.9. The third-order valence-corrected chi connectivity index (χ3v) is 6.10. The summed E-state index contributed by atoms with van der Waals surface area (Å²) in [6.45, 7) is 6.52. The van der Waals surface area contributed by atoms with Crippen molar-refractivity contribution < 1.29 is 9.53 Å². The molecular weight excluding hydrogens is 581 g/mol. The van der Waals surface area contributed by atoms with Crippen LogP contribution in [0.2, 0.25) is 0 Å². The van der Waals surface area contributed by atoms with Crippen molar-refractivity contribution in [2.45, 2.75) is 20.5 Å². The Morgan fingerprint density at radius 2 is 1.84 bits per heavy atom. The zero-order valence-electron chi connectivity index (χ0n) is 18.0. The topological polar surface area (TPSA) is 53.9 Å². The fourth-order valence-electron chi connectivity index (χ4n) is 3.14. The van der Waals surface area contributed by atoms with E-state index in [9.17, 15) is 4.79 Å². The van der Waals surface area contributed by atoms with Crippen molar-refractivity contribution in [1.29, 1.82) is 0 Å². The minimum atomic E-state index is -0.274. The predicted molar refractivity (Wildman–Crippen MR) is 143 cm³/mol. The fourth-order valence-corrected chi connectivity index (χ4v) is 3.90. The van der Waals surface area contributed by atoms with Crippen LogP contribution < -0.4 is 15.1 Å². The molecule has 3 aromatic carbocycles. The summed E-state index contributed by atoms with van der Waals surface area (Å²) in [5.74, 6) is 0.442. The number of hydrogen-bond acceptors (Lipinski definition) is 4. The molecule has 0 aliphatic heterocycles. The summed E-state index contributed by atoms with van der Waals surface area (Å²) in [5.41, 5.74) is 6.08. The van der Waals surface area contributed by atoms with E-state index >= 15 is 0 Å². The smallest absolute Gasteiger partial charge is 0.271 e. The van der Waals surface area contributed by atoms with Crippen LogP contribution in [-0.2, 0) is 6.61 Å². The Morgan fingerprint density at radius 1 is 1.09 bits per heavy atom. The number of carbonyl (C=O) groups excluding carboxylic acids is 1. The molecule has 0 bridgehead atoms. The van der Waals surface area contributed by atoms with Crippen molar-refractivity contribution >= 4 is 56.3 Å². The summed E-state index contributed by atoms with van der Waals surface area (Å²) < 4.78 is 8.19. The standard InChI is InChI=1S/C25H25BrIN3O2/c1-3-30(4-2)23-13-10-20(16-28-29-25(31)19-6-5-7-21(26)14-19)24(15-23)32-17-18-8-11-22(27)12-9-18/h5-16H,3-4,17H2,1-2H3,(H,29,31)/b28-16-. The van der Waals surface area contributed by atoms with E-state index in [2.05, 4.69) is 92.1 Å². The molecule has 0 spiro atoms. The Hall–Kier alpha value is -2.39. The Bertz CT molecular complexity index is 1080. The second kappa shape index (κ2) is 12.0. The number of amides is 1. The number of anilines is 1. The molecule has 166 valence electrons. The molecule has 0 saturated heterocycles. The third kappa shape index (κ3) is 6.80. The van der Waals surface area contributed by atoms with Crippen molar-refractivity contribution in [3.05, 3.63) is 91.5 Å². The minimum Gasteiger partial charge on any atom is -0.488 e. The lowest BCUT2D eigenvalue weighted by Crippen LogP contribution is -2.21. The Balaban J connectivity index is 1.78. The number of nitrogens with zero attached hydrogens (tertiary/aromatic N) is 2. The number of benzene rings is 3. The highest BCUT2D eigenvalue weighted by Gasteiger charge is 2.09. The largest absolute Gasteiger partial charge is 0.488 e. The molecule has 0 fully saturated rings. The molecule has 3 aromatic rings. The average Bonchev–Trinajstić information content (AvgIpc) is 2.80. The Labute approximate surface area is 211 Å². The van der Waals surface area contributed by atoms with Crippen LogP contribution in [0.25, 0.3) is 0 Å². The molecule has 5 nitrogen and oxygen atoms in total. The number of hydrogen-bond donors (Lipinski definition) is 1. The van der Waals surface area contributed by atoms with Gasteiger partial charge in [0.1, 0.15) is 12.4 Å². The average molecular weight is 606 g/mol. The summed E-state index contributed by atoms with van der Waals surface area (Å²) >= 11 is 5.66. The molecule has 0 aliphatic carbocycles. The van der Waals surface area contributed by atoms with Gasteiger partial charge in [0.2, 0.25) is 0 Å². The molecule has 0 atom stereocenters. The number of halogens is 2. The lowest BCUT2D eigenvalue weighted by Gasteiger charge is -2.22. The van der Waals surface area contributed by atoms with Gasteiger partial charge < -0.3 is 9.64 Å². The molecule has 0 radical (unpaired) electrons. The van der Waals surface area contributed by atoms with Gasteiger partial charge in [-0.3, -0.25) is 4.79 Å². The monoisotopic (exact) mass is 605 g/mol. The predicted octanol–water partition coefficient (Wildman–Crippen LogP) is 6.24. The van der Waals surface area contributed by atoms with Crippen LogP contribution in [0.5, 0.6) is 5.75 Å². The quantitative estimate of drug-likeness (QED) is 0.178. The zero-order chi connectivity index (χ0) is 22.9. The van der Waals surface area contributed by atoms with Gasteiger partial charge in [-0.15, -0.1) is 0 Å². The molecule has 1 amide bonds. The van der Waals surface area contributed by atoms with Crippen LogP contribution in [0.4, 0.5) is 5.69 Å². The molecule has 0 saturated carbocycles. The summed E-state index contributed by atoms with van der Waals surface area (Å²) in [6, 6.07) is 21.4. The molecule has 0 heterocycles. The van der Waals surface area contributed by atoms with Crippen molar-refractivity contribution in [3.63, 3.8) is 0 Å². The summed E-state index contributed by atoms with van der Waals surface area (Å²) in [7, 11) is 0. The van der Waals surface area contributed by atoms with E-state index in [1.165, 1.54) is 3.57 Å². The van der Waals surface area contributed by atoms with Gasteiger partial charge in [-0.05, 0) is 84.5 Å². The van der Waals surface area contributed by atoms with Gasteiger partial charge in [0.05, 0.1) is 6.21 Å². The number of rotatable bonds is 9. The molecule has 0 unspecified atom stereocenters. The first-order chi connectivity index (χ1) is 15.5. The lowest BCUT2D eigenvalue weighted by atomic mass is 10.1. The van der Waals surface area contributed by atoms with E-state index < -0.39 is 0 Å².